The molecule has 2 aromatic carbocycles. The minimum Gasteiger partial charge on any atom is -0.466 e. The number of thiocarbonyl (C=S) groups is 1. The molecule has 6 atom stereocenters. The van der Waals surface area contributed by atoms with E-state index in [1.807, 2.05) is 45.9 Å². The van der Waals surface area contributed by atoms with Gasteiger partial charge in [-0.05, 0) is 82.9 Å². The topological polar surface area (TPSA) is 77.0 Å². The molecule has 1 saturated heterocycles. The number of carbonyl (C=O) groups is 2. The molecule has 0 radical (unpaired) electrons. The lowest BCUT2D eigenvalue weighted by Gasteiger charge is -2.55. The Morgan fingerprint density at radius 2 is 1.39 bits per heavy atom. The lowest BCUT2D eigenvalue weighted by atomic mass is 9.55. The minimum atomic E-state index is -0.571. The maximum atomic E-state index is 12.6. The van der Waals surface area contributed by atoms with Crippen molar-refractivity contribution in [3.8, 4) is 0 Å². The van der Waals surface area contributed by atoms with Crippen LogP contribution in [0.15, 0.2) is 53.5 Å². The number of piperidine rings is 1. The molecule has 0 spiro atoms. The van der Waals surface area contributed by atoms with Crippen molar-refractivity contribution in [3.05, 3.63) is 70.8 Å². The third-order valence-corrected chi connectivity index (χ3v) is 11.1. The van der Waals surface area contributed by atoms with Crippen molar-refractivity contribution in [2.45, 2.75) is 77.3 Å². The van der Waals surface area contributed by atoms with Crippen LogP contribution >= 0.6 is 24.0 Å². The smallest absolute Gasteiger partial charge is 0.314 e. The number of esters is 2. The number of benzene rings is 2. The number of rotatable bonds is 4. The van der Waals surface area contributed by atoms with Crippen molar-refractivity contribution in [1.82, 2.24) is 5.32 Å². The van der Waals surface area contributed by atoms with Crippen molar-refractivity contribution >= 4 is 46.0 Å². The molecule has 6 aliphatic rings. The van der Waals surface area contributed by atoms with Gasteiger partial charge in [0.1, 0.15) is 0 Å². The fourth-order valence-electron chi connectivity index (χ4n) is 7.67. The van der Waals surface area contributed by atoms with Gasteiger partial charge in [-0.2, -0.15) is 0 Å². The van der Waals surface area contributed by atoms with E-state index in [1.54, 1.807) is 11.8 Å². The Balaban J connectivity index is 0.000000165. The summed E-state index contributed by atoms with van der Waals surface area (Å²) in [5.41, 5.74) is 3.30. The molecule has 218 valence electrons. The zero-order valence-electron chi connectivity index (χ0n) is 25.0. The molecule has 8 heteroatoms. The lowest BCUT2D eigenvalue weighted by Crippen LogP contribution is -2.62. The Hall–Kier alpha value is -2.71. The number of thioether (sulfide) groups is 1. The highest BCUT2D eigenvalue weighted by atomic mass is 32.2. The molecule has 41 heavy (non-hydrogen) atoms. The number of hydrogen-bond donors (Lipinski definition) is 1. The molecular formula is C33H40N2O4S2. The molecule has 2 aliphatic carbocycles. The lowest BCUT2D eigenvalue weighted by molar-refractivity contribution is -0.159. The molecule has 4 heterocycles. The van der Waals surface area contributed by atoms with Crippen molar-refractivity contribution in [2.75, 3.05) is 19.5 Å². The Bertz CT molecular complexity index is 1440. The second-order valence-corrected chi connectivity index (χ2v) is 13.6. The van der Waals surface area contributed by atoms with E-state index in [0.717, 1.165) is 16.5 Å². The summed E-state index contributed by atoms with van der Waals surface area (Å²) in [5, 5.41) is 4.51. The molecule has 6 nitrogen and oxygen atoms in total. The van der Waals surface area contributed by atoms with Gasteiger partial charge < -0.3 is 14.8 Å². The highest BCUT2D eigenvalue weighted by molar-refractivity contribution is 8.13. The Morgan fingerprint density at radius 1 is 0.878 bits per heavy atom. The number of nitrogens with zero attached hydrogens (tertiary/aromatic N) is 1. The zero-order chi connectivity index (χ0) is 29.8. The molecule has 1 N–H and O–H groups in total. The summed E-state index contributed by atoms with van der Waals surface area (Å²) < 4.78 is 10.7. The zero-order valence-corrected chi connectivity index (χ0v) is 26.6. The molecule has 0 saturated carbocycles. The van der Waals surface area contributed by atoms with Gasteiger partial charge in [-0.15, -0.1) is 11.8 Å². The van der Waals surface area contributed by atoms with E-state index in [-0.39, 0.29) is 34.9 Å². The van der Waals surface area contributed by atoms with Crippen LogP contribution in [0.2, 0.25) is 0 Å². The molecule has 4 aliphatic heterocycles. The second kappa shape index (κ2) is 10.5. The summed E-state index contributed by atoms with van der Waals surface area (Å²) >= 11 is 7.23. The quantitative estimate of drug-likeness (QED) is 0.316. The van der Waals surface area contributed by atoms with Gasteiger partial charge in [0.15, 0.2) is 0 Å². The van der Waals surface area contributed by atoms with Gasteiger partial charge in [0.05, 0.1) is 46.2 Å². The van der Waals surface area contributed by atoms with Crippen LogP contribution in [0, 0.1) is 10.8 Å². The number of fused-ring (bicyclic) bond motifs is 3. The van der Waals surface area contributed by atoms with E-state index in [2.05, 4.69) is 55.8 Å². The maximum Gasteiger partial charge on any atom is 0.314 e. The van der Waals surface area contributed by atoms with Crippen molar-refractivity contribution in [1.29, 1.82) is 0 Å². The van der Waals surface area contributed by atoms with E-state index >= 15 is 0 Å². The molecule has 0 aromatic heterocycles. The van der Waals surface area contributed by atoms with Crippen LogP contribution in [-0.2, 0) is 29.9 Å². The van der Waals surface area contributed by atoms with Crippen LogP contribution in [0.3, 0.4) is 0 Å². The molecule has 0 amide bonds. The largest absolute Gasteiger partial charge is 0.466 e. The molecule has 4 bridgehead atoms. The van der Waals surface area contributed by atoms with Gasteiger partial charge in [-0.25, -0.2) is 0 Å². The van der Waals surface area contributed by atoms with Crippen LogP contribution in [0.4, 0.5) is 0 Å². The number of carbonyl (C=O) groups excluding carboxylic acids is 2. The van der Waals surface area contributed by atoms with Crippen LogP contribution < -0.4 is 5.32 Å². The number of hydrogen-bond acceptors (Lipinski definition) is 7. The molecule has 1 fully saturated rings. The summed E-state index contributed by atoms with van der Waals surface area (Å²) in [6, 6.07) is 16.4. The fourth-order valence-corrected chi connectivity index (χ4v) is 8.81. The van der Waals surface area contributed by atoms with Crippen LogP contribution in [0.1, 0.15) is 88.7 Å². The third-order valence-electron chi connectivity index (χ3n) is 9.57. The normalized spacial score (nSPS) is 33.8. The van der Waals surface area contributed by atoms with Gasteiger partial charge in [0, 0.05) is 10.8 Å². The summed E-state index contributed by atoms with van der Waals surface area (Å²) in [6.07, 6.45) is 3.53. The molecule has 6 unspecified atom stereocenters. The highest BCUT2D eigenvalue weighted by Crippen LogP contribution is 2.60. The van der Waals surface area contributed by atoms with Gasteiger partial charge in [-0.1, -0.05) is 60.7 Å². The highest BCUT2D eigenvalue weighted by Gasteiger charge is 2.60. The molecule has 8 rings (SSSR count). The Kier molecular flexibility index (Phi) is 7.65. The molecular weight excluding hydrogens is 553 g/mol. The average molecular weight is 593 g/mol. The van der Waals surface area contributed by atoms with Gasteiger partial charge in [-0.3, -0.25) is 14.6 Å². The Morgan fingerprint density at radius 3 is 1.98 bits per heavy atom. The van der Waals surface area contributed by atoms with E-state index in [1.165, 1.54) is 22.3 Å². The predicted molar refractivity (Wildman–Crippen MR) is 168 cm³/mol. The number of ether oxygens (including phenoxy) is 2. The SMILES string of the molecule is CCOC(=O)C1(C)CC2(C)C(=S)NC1c1ccccc12.CCOC(=O)C1(C)CC2(C)C(SC)=NC1c1ccccc12. The van der Waals surface area contributed by atoms with Gasteiger partial charge in [0.25, 0.3) is 0 Å². The second-order valence-electron chi connectivity index (χ2n) is 12.4. The van der Waals surface area contributed by atoms with E-state index in [4.69, 9.17) is 26.7 Å². The summed E-state index contributed by atoms with van der Waals surface area (Å²) in [7, 11) is 0. The summed E-state index contributed by atoms with van der Waals surface area (Å²) in [5.74, 6) is -0.264. The summed E-state index contributed by atoms with van der Waals surface area (Å²) in [4.78, 5) is 30.8. The standard InChI is InChI=1S/C17H21NO2S.C16H19NO2S/c1-5-20-15(19)17(3)10-16(2)12-9-7-6-8-11(12)13(17)18-14(16)21-4;1-4-19-14(18)16(3)9-15(2)11-8-6-5-7-10(11)12(16)17-13(15)20/h6-9,13H,5,10H2,1-4H3;5-8,12H,4,9H2,1-3H3,(H,17,20). The number of aliphatic imine (C=N–C) groups is 1. The van der Waals surface area contributed by atoms with E-state index in [0.29, 0.717) is 19.6 Å². The van der Waals surface area contributed by atoms with Crippen LogP contribution in [0.5, 0.6) is 0 Å². The Labute approximate surface area is 253 Å². The first-order valence-corrected chi connectivity index (χ1v) is 16.0. The average Bonchev–Trinajstić information content (AvgIpc) is 2.95. The first kappa shape index (κ1) is 29.8. The first-order valence-electron chi connectivity index (χ1n) is 14.4. The van der Waals surface area contributed by atoms with Crippen molar-refractivity contribution in [2.24, 2.45) is 15.8 Å². The van der Waals surface area contributed by atoms with E-state index in [9.17, 15) is 9.59 Å². The van der Waals surface area contributed by atoms with Gasteiger partial charge >= 0.3 is 11.9 Å². The summed E-state index contributed by atoms with van der Waals surface area (Å²) in [6.45, 7) is 12.8. The first-order chi connectivity index (χ1) is 19.4. The fraction of sp³-hybridized carbons (Fsp3) is 0.515. The van der Waals surface area contributed by atoms with Crippen molar-refractivity contribution < 1.29 is 19.1 Å². The van der Waals surface area contributed by atoms with Gasteiger partial charge in [0.2, 0.25) is 0 Å². The predicted octanol–water partition coefficient (Wildman–Crippen LogP) is 6.62. The third kappa shape index (κ3) is 4.35. The number of nitrogens with one attached hydrogen (secondary N) is 1. The molecule has 2 aromatic rings. The maximum absolute atomic E-state index is 12.6. The monoisotopic (exact) mass is 592 g/mol. The van der Waals surface area contributed by atoms with Crippen LogP contribution in [-0.4, -0.2) is 41.4 Å². The minimum absolute atomic E-state index is 0.0907. The van der Waals surface area contributed by atoms with Crippen LogP contribution in [0.25, 0.3) is 0 Å². The van der Waals surface area contributed by atoms with E-state index < -0.39 is 10.8 Å². The van der Waals surface area contributed by atoms with Crippen molar-refractivity contribution in [3.63, 3.8) is 0 Å².